The molecule has 10 heteroatoms. The van der Waals surface area contributed by atoms with E-state index < -0.39 is 53.7 Å². The fourth-order valence-electron chi connectivity index (χ4n) is 8.54. The average Bonchev–Trinajstić information content (AvgIpc) is 3.44. The SMILES string of the molecule is CC[C@H](C)C1O[C@]2(CC[C@@H]1C)CC1CC(C/C=C(\C)[C@@H](O)[C@@H](C)/C=C/C=C3\CO[C@@H]4[C@@H](Oc5cccc(C(=O)O)c5)C(C)=CC(C(=O)O1)[C@]34O)O2. The molecule has 51 heavy (non-hydrogen) atoms. The summed E-state index contributed by atoms with van der Waals surface area (Å²) in [4.78, 5) is 26.1. The minimum absolute atomic E-state index is 0.00491. The van der Waals surface area contributed by atoms with E-state index in [1.807, 2.05) is 32.9 Å². The Hall–Kier alpha value is -3.28. The van der Waals surface area contributed by atoms with Crippen LogP contribution in [-0.2, 0) is 23.7 Å². The molecule has 10 nitrogen and oxygen atoms in total. The molecule has 1 aromatic carbocycles. The number of hydrogen-bond donors (Lipinski definition) is 3. The molecular weight excluding hydrogens is 652 g/mol. The summed E-state index contributed by atoms with van der Waals surface area (Å²) in [5.74, 6) is -2.93. The van der Waals surface area contributed by atoms with Crippen molar-refractivity contribution in [3.8, 4) is 5.75 Å². The minimum atomic E-state index is -1.83. The monoisotopic (exact) mass is 706 g/mol. The van der Waals surface area contributed by atoms with Gasteiger partial charge in [-0.2, -0.15) is 0 Å². The van der Waals surface area contributed by atoms with Gasteiger partial charge < -0.3 is 39.0 Å². The summed E-state index contributed by atoms with van der Waals surface area (Å²) < 4.78 is 32.6. The molecule has 5 aliphatic rings. The lowest BCUT2D eigenvalue weighted by atomic mass is 9.70. The predicted molar refractivity (Wildman–Crippen MR) is 190 cm³/mol. The number of rotatable bonds is 5. The zero-order valence-corrected chi connectivity index (χ0v) is 30.6. The molecule has 12 atom stereocenters. The Morgan fingerprint density at radius 1 is 1.14 bits per heavy atom. The first-order valence-corrected chi connectivity index (χ1v) is 18.6. The molecule has 4 heterocycles. The van der Waals surface area contributed by atoms with E-state index in [0.717, 1.165) is 18.4 Å². The Bertz CT molecular complexity index is 1590. The number of allylic oxidation sites excluding steroid dienone is 2. The Labute approximate surface area is 301 Å². The molecule has 2 bridgehead atoms. The van der Waals surface area contributed by atoms with Gasteiger partial charge in [0.05, 0.1) is 30.5 Å². The van der Waals surface area contributed by atoms with Gasteiger partial charge in [-0.1, -0.05) is 70.6 Å². The van der Waals surface area contributed by atoms with E-state index in [-0.39, 0.29) is 30.3 Å². The third-order valence-corrected chi connectivity index (χ3v) is 11.8. The van der Waals surface area contributed by atoms with Crippen LogP contribution in [-0.4, -0.2) is 81.9 Å². The average molecular weight is 707 g/mol. The van der Waals surface area contributed by atoms with Gasteiger partial charge in [0.1, 0.15) is 35.6 Å². The van der Waals surface area contributed by atoms with Crippen LogP contribution < -0.4 is 4.74 Å². The minimum Gasteiger partial charge on any atom is -0.483 e. The molecule has 4 aliphatic heterocycles. The third kappa shape index (κ3) is 7.49. The van der Waals surface area contributed by atoms with Crippen LogP contribution in [0, 0.1) is 23.7 Å². The molecule has 1 aliphatic carbocycles. The standard InChI is InChI=1S/C41H54O10/c1-7-23(2)35-26(5)16-17-40(51-35)21-32-20-31(50-40)15-14-25(4)34(42)24(3)10-8-12-29-22-47-37-36(48-30-13-9-11-28(19-30)38(43)44)27(6)18-33(39(45)49-32)41(29,37)46/h8-14,18-19,23-24,26,31-37,42,46H,7,15-17,20-22H2,1-6H3,(H,43,44)/b10-8+,25-14+,29-12+/t23-,24-,26-,31?,32?,33?,34-,35?,36-,37+,40+,41+/m0/s1. The number of ether oxygens (including phenoxy) is 5. The quantitative estimate of drug-likeness (QED) is 0.236. The van der Waals surface area contributed by atoms with Crippen LogP contribution in [0.5, 0.6) is 5.75 Å². The maximum Gasteiger partial charge on any atom is 0.335 e. The Morgan fingerprint density at radius 3 is 2.67 bits per heavy atom. The van der Waals surface area contributed by atoms with E-state index in [9.17, 15) is 24.9 Å². The molecule has 6 rings (SSSR count). The van der Waals surface area contributed by atoms with Gasteiger partial charge in [0.15, 0.2) is 5.79 Å². The number of carboxylic acids is 1. The van der Waals surface area contributed by atoms with Crippen molar-refractivity contribution in [1.82, 2.24) is 0 Å². The van der Waals surface area contributed by atoms with Gasteiger partial charge in [0.25, 0.3) is 0 Å². The normalized spacial score (nSPS) is 41.9. The van der Waals surface area contributed by atoms with Crippen molar-refractivity contribution < 1.29 is 48.6 Å². The van der Waals surface area contributed by atoms with Crippen LogP contribution in [0.3, 0.4) is 0 Å². The van der Waals surface area contributed by atoms with Crippen molar-refractivity contribution >= 4 is 11.9 Å². The van der Waals surface area contributed by atoms with Crippen LogP contribution in [0.2, 0.25) is 0 Å². The fraction of sp³-hybridized carbons (Fsp3) is 0.610. The van der Waals surface area contributed by atoms with Crippen LogP contribution >= 0.6 is 0 Å². The smallest absolute Gasteiger partial charge is 0.335 e. The molecular formula is C41H54O10. The van der Waals surface area contributed by atoms with E-state index in [0.29, 0.717) is 54.4 Å². The summed E-state index contributed by atoms with van der Waals surface area (Å²) in [6.45, 7) is 12.3. The molecule has 0 saturated carbocycles. The molecule has 1 spiro atoms. The number of fused-ring (bicyclic) bond motifs is 2. The maximum atomic E-state index is 14.4. The van der Waals surface area contributed by atoms with Crippen molar-refractivity contribution in [1.29, 1.82) is 0 Å². The van der Waals surface area contributed by atoms with Crippen molar-refractivity contribution in [3.05, 3.63) is 76.9 Å². The van der Waals surface area contributed by atoms with Crippen LogP contribution in [0.1, 0.15) is 90.4 Å². The molecule has 0 amide bonds. The van der Waals surface area contributed by atoms with Gasteiger partial charge >= 0.3 is 11.9 Å². The summed E-state index contributed by atoms with van der Waals surface area (Å²) in [5.41, 5.74) is 0.186. The Morgan fingerprint density at radius 2 is 1.92 bits per heavy atom. The first-order valence-electron chi connectivity index (χ1n) is 18.6. The fourth-order valence-corrected chi connectivity index (χ4v) is 8.54. The first-order chi connectivity index (χ1) is 24.2. The highest BCUT2D eigenvalue weighted by molar-refractivity contribution is 5.88. The van der Waals surface area contributed by atoms with Crippen molar-refractivity contribution in [3.63, 3.8) is 0 Å². The van der Waals surface area contributed by atoms with Gasteiger partial charge in [-0.25, -0.2) is 4.79 Å². The number of aliphatic hydroxyl groups is 2. The second-order valence-electron chi connectivity index (χ2n) is 15.5. The first kappa shape index (κ1) is 37.5. The molecule has 0 radical (unpaired) electrons. The summed E-state index contributed by atoms with van der Waals surface area (Å²) >= 11 is 0. The summed E-state index contributed by atoms with van der Waals surface area (Å²) in [7, 11) is 0. The highest BCUT2D eigenvalue weighted by Crippen LogP contribution is 2.48. The van der Waals surface area contributed by atoms with Crippen LogP contribution in [0.4, 0.5) is 0 Å². The summed E-state index contributed by atoms with van der Waals surface area (Å²) in [6, 6.07) is 6.14. The summed E-state index contributed by atoms with van der Waals surface area (Å²) in [6.07, 6.45) is 9.65. The van der Waals surface area contributed by atoms with E-state index in [4.69, 9.17) is 23.7 Å². The summed E-state index contributed by atoms with van der Waals surface area (Å²) in [5, 5.41) is 33.5. The van der Waals surface area contributed by atoms with Gasteiger partial charge in [-0.3, -0.25) is 4.79 Å². The number of carbonyl (C=O) groups excluding carboxylic acids is 1. The highest BCUT2D eigenvalue weighted by atomic mass is 16.7. The maximum absolute atomic E-state index is 14.4. The van der Waals surface area contributed by atoms with Gasteiger partial charge in [-0.05, 0) is 73.4 Å². The molecule has 278 valence electrons. The number of aliphatic hydroxyl groups excluding tert-OH is 1. The lowest BCUT2D eigenvalue weighted by molar-refractivity contribution is -0.340. The number of carbonyl (C=O) groups is 2. The van der Waals surface area contributed by atoms with Crippen LogP contribution in [0.25, 0.3) is 0 Å². The van der Waals surface area contributed by atoms with E-state index in [1.54, 1.807) is 30.4 Å². The largest absolute Gasteiger partial charge is 0.483 e. The Balaban J connectivity index is 1.38. The molecule has 1 aromatic rings. The number of hydrogen-bond acceptors (Lipinski definition) is 9. The van der Waals surface area contributed by atoms with Gasteiger partial charge in [0, 0.05) is 25.2 Å². The third-order valence-electron chi connectivity index (χ3n) is 11.8. The van der Waals surface area contributed by atoms with E-state index >= 15 is 0 Å². The van der Waals surface area contributed by atoms with Crippen molar-refractivity contribution in [2.45, 2.75) is 128 Å². The molecule has 4 unspecified atom stereocenters. The Kier molecular flexibility index (Phi) is 11.0. The van der Waals surface area contributed by atoms with Gasteiger partial charge in [-0.15, -0.1) is 0 Å². The molecule has 3 fully saturated rings. The highest BCUT2D eigenvalue weighted by Gasteiger charge is 2.61. The predicted octanol–water partition coefficient (Wildman–Crippen LogP) is 6.32. The molecule has 3 saturated heterocycles. The number of aromatic carboxylic acids is 1. The van der Waals surface area contributed by atoms with Crippen molar-refractivity contribution in [2.24, 2.45) is 23.7 Å². The van der Waals surface area contributed by atoms with Crippen molar-refractivity contribution in [2.75, 3.05) is 6.61 Å². The van der Waals surface area contributed by atoms with E-state index in [1.165, 1.54) is 12.1 Å². The number of esters is 1. The molecule has 3 N–H and O–H groups in total. The van der Waals surface area contributed by atoms with Crippen LogP contribution in [0.15, 0.2) is 71.4 Å². The molecule has 0 aromatic heterocycles. The number of carboxylic acid groups (broad SMARTS) is 1. The topological polar surface area (TPSA) is 141 Å². The lowest BCUT2D eigenvalue weighted by Gasteiger charge is -2.51. The van der Waals surface area contributed by atoms with E-state index in [2.05, 4.69) is 20.8 Å². The zero-order valence-electron chi connectivity index (χ0n) is 30.6. The van der Waals surface area contributed by atoms with Gasteiger partial charge in [0.2, 0.25) is 0 Å². The lowest BCUT2D eigenvalue weighted by Crippen LogP contribution is -2.59. The zero-order chi connectivity index (χ0) is 36.7. The second-order valence-corrected chi connectivity index (χ2v) is 15.5. The second kappa shape index (κ2) is 15.0. The number of benzene rings is 1.